The predicted molar refractivity (Wildman–Crippen MR) is 170 cm³/mol. The number of aliphatic carboxylic acids is 1. The summed E-state index contributed by atoms with van der Waals surface area (Å²) in [5.74, 6) is -5.51. The number of hydrogen-bond donors (Lipinski definition) is 2. The number of carboxylic acids is 1. The minimum absolute atomic E-state index is 0.00151. The highest BCUT2D eigenvalue weighted by molar-refractivity contribution is 5.85. The van der Waals surface area contributed by atoms with E-state index in [1.54, 1.807) is 4.90 Å². The number of benzene rings is 3. The van der Waals surface area contributed by atoms with Gasteiger partial charge in [0.1, 0.15) is 41.2 Å². The molecular formula is C36H30F7N3O5. The summed E-state index contributed by atoms with van der Waals surface area (Å²) in [4.78, 5) is 41.4. The molecule has 0 saturated carbocycles. The van der Waals surface area contributed by atoms with Crippen molar-refractivity contribution >= 4 is 11.9 Å². The normalized spacial score (nSPS) is 18.0. The summed E-state index contributed by atoms with van der Waals surface area (Å²) >= 11 is 0. The van der Waals surface area contributed by atoms with Gasteiger partial charge < -0.3 is 15.2 Å². The highest BCUT2D eigenvalue weighted by Crippen LogP contribution is 2.41. The summed E-state index contributed by atoms with van der Waals surface area (Å²) in [6.07, 6.45) is -6.61. The monoisotopic (exact) mass is 717 g/mol. The Morgan fingerprint density at radius 2 is 1.69 bits per heavy atom. The lowest BCUT2D eigenvalue weighted by Crippen LogP contribution is -2.49. The topological polar surface area (TPSA) is 101 Å². The fraction of sp³-hybridized carbons (Fsp3) is 0.306. The zero-order valence-corrected chi connectivity index (χ0v) is 27.1. The first kappa shape index (κ1) is 35.6. The van der Waals surface area contributed by atoms with Gasteiger partial charge in [0, 0.05) is 48.6 Å². The molecule has 4 aromatic rings. The van der Waals surface area contributed by atoms with E-state index in [9.17, 15) is 41.4 Å². The summed E-state index contributed by atoms with van der Waals surface area (Å²) in [5.41, 5.74) is -3.61. The maximum absolute atomic E-state index is 15.9. The molecular weight excluding hydrogens is 687 g/mol. The van der Waals surface area contributed by atoms with Crippen LogP contribution in [0.4, 0.5) is 30.7 Å². The van der Waals surface area contributed by atoms with Gasteiger partial charge in [0.05, 0.1) is 18.0 Å². The molecule has 3 heterocycles. The standard InChI is InChI=1S/C36H30F7N3O5/c1-17-9-20-10-24(33(17)40)28(13-31(48)49)44-35(50)34(23-11-22(3-4-27(23)39)51-29-6-5-26(38)18(2)32(20)29)46-14-19(7-8-45-15-21(37)16-45)25(12-30(46)47)36(41,42)43/h3-6,9-12,14,21,28,34H,7-8,13,15-16H2,1-2H3,(H,44,50)(H,48,49)/t28-,34+/m1/s1. The van der Waals surface area contributed by atoms with Crippen LogP contribution in [0.25, 0.3) is 11.1 Å². The molecule has 0 radical (unpaired) electrons. The molecule has 0 unspecified atom stereocenters. The van der Waals surface area contributed by atoms with Gasteiger partial charge in [0.25, 0.3) is 5.56 Å². The fourth-order valence-corrected chi connectivity index (χ4v) is 6.53. The summed E-state index contributed by atoms with van der Waals surface area (Å²) in [6.45, 7) is 2.78. The van der Waals surface area contributed by atoms with Crippen LogP contribution in [0, 0.1) is 31.3 Å². The Labute approximate surface area is 286 Å². The molecule has 0 aliphatic carbocycles. The molecule has 4 bridgehead atoms. The van der Waals surface area contributed by atoms with Crippen LogP contribution in [0.1, 0.15) is 51.9 Å². The lowest BCUT2D eigenvalue weighted by Gasteiger charge is -2.34. The summed E-state index contributed by atoms with van der Waals surface area (Å²) < 4.78 is 109. The number of aromatic nitrogens is 1. The van der Waals surface area contributed by atoms with Crippen molar-refractivity contribution in [3.05, 3.63) is 116 Å². The van der Waals surface area contributed by atoms with Gasteiger partial charge in [0.15, 0.2) is 0 Å². The lowest BCUT2D eigenvalue weighted by atomic mass is 9.92. The van der Waals surface area contributed by atoms with Crippen LogP contribution in [0.15, 0.2) is 59.5 Å². The Kier molecular flexibility index (Phi) is 9.44. The van der Waals surface area contributed by atoms with E-state index in [4.69, 9.17) is 4.74 Å². The smallest absolute Gasteiger partial charge is 0.416 e. The van der Waals surface area contributed by atoms with Crippen molar-refractivity contribution in [2.45, 2.75) is 51.1 Å². The van der Waals surface area contributed by atoms with Crippen LogP contribution in [0.3, 0.4) is 0 Å². The second-order valence-corrected chi connectivity index (χ2v) is 12.7. The zero-order chi connectivity index (χ0) is 36.9. The first-order chi connectivity index (χ1) is 24.0. The minimum atomic E-state index is -5.00. The number of fused-ring (bicyclic) bond motifs is 6. The molecule has 268 valence electrons. The van der Waals surface area contributed by atoms with Crippen LogP contribution in [0.5, 0.6) is 11.5 Å². The lowest BCUT2D eigenvalue weighted by molar-refractivity contribution is -0.139. The largest absolute Gasteiger partial charge is 0.481 e. The van der Waals surface area contributed by atoms with Crippen molar-refractivity contribution in [1.29, 1.82) is 0 Å². The van der Waals surface area contributed by atoms with Gasteiger partial charge in [-0.2, -0.15) is 13.2 Å². The molecule has 1 aromatic heterocycles. The van der Waals surface area contributed by atoms with E-state index in [-0.39, 0.29) is 71.4 Å². The number of carbonyl (C=O) groups excluding carboxylic acids is 1. The van der Waals surface area contributed by atoms with Gasteiger partial charge in [-0.25, -0.2) is 17.6 Å². The number of amides is 1. The van der Waals surface area contributed by atoms with Crippen molar-refractivity contribution in [1.82, 2.24) is 14.8 Å². The number of hydrogen-bond acceptors (Lipinski definition) is 5. The molecule has 1 saturated heterocycles. The van der Waals surface area contributed by atoms with Gasteiger partial charge >= 0.3 is 12.1 Å². The molecule has 15 heteroatoms. The Bertz CT molecular complexity index is 2110. The van der Waals surface area contributed by atoms with E-state index < -0.39 is 82.4 Å². The van der Waals surface area contributed by atoms with Gasteiger partial charge in [-0.3, -0.25) is 23.9 Å². The predicted octanol–water partition coefficient (Wildman–Crippen LogP) is 6.79. The number of carboxylic acid groups (broad SMARTS) is 1. The third-order valence-electron chi connectivity index (χ3n) is 9.10. The van der Waals surface area contributed by atoms with Crippen molar-refractivity contribution in [2.75, 3.05) is 19.6 Å². The van der Waals surface area contributed by atoms with E-state index in [0.717, 1.165) is 24.4 Å². The summed E-state index contributed by atoms with van der Waals surface area (Å²) in [6, 6.07) is 4.62. The van der Waals surface area contributed by atoms with E-state index in [2.05, 4.69) is 5.32 Å². The number of ether oxygens (including phenoxy) is 1. The molecule has 6 rings (SSSR count). The number of pyridine rings is 1. The number of rotatable bonds is 6. The van der Waals surface area contributed by atoms with Gasteiger partial charge in [-0.05, 0) is 85.0 Å². The van der Waals surface area contributed by atoms with Crippen molar-refractivity contribution < 1.29 is 50.2 Å². The molecule has 3 aromatic carbocycles. The van der Waals surface area contributed by atoms with E-state index in [1.807, 2.05) is 0 Å². The van der Waals surface area contributed by atoms with Crippen molar-refractivity contribution in [2.24, 2.45) is 0 Å². The minimum Gasteiger partial charge on any atom is -0.481 e. The number of alkyl halides is 4. The average molecular weight is 718 g/mol. The molecule has 2 aliphatic heterocycles. The van der Waals surface area contributed by atoms with Gasteiger partial charge in [-0.1, -0.05) is 0 Å². The molecule has 1 amide bonds. The second kappa shape index (κ2) is 13.5. The average Bonchev–Trinajstić information content (AvgIpc) is 3.03. The van der Waals surface area contributed by atoms with E-state index in [1.165, 1.54) is 38.1 Å². The van der Waals surface area contributed by atoms with Crippen LogP contribution in [-0.4, -0.2) is 52.3 Å². The first-order valence-electron chi connectivity index (χ1n) is 15.8. The summed E-state index contributed by atoms with van der Waals surface area (Å²) in [7, 11) is 0. The highest BCUT2D eigenvalue weighted by Gasteiger charge is 2.38. The maximum Gasteiger partial charge on any atom is 0.416 e. The van der Waals surface area contributed by atoms with Crippen molar-refractivity contribution in [3.8, 4) is 22.6 Å². The highest BCUT2D eigenvalue weighted by atomic mass is 19.4. The first-order valence-corrected chi connectivity index (χ1v) is 15.8. The molecule has 1 fully saturated rings. The number of halogens is 7. The molecule has 8 nitrogen and oxygen atoms in total. The number of aryl methyl sites for hydroxylation is 1. The number of nitrogens with zero attached hydrogens (tertiary/aromatic N) is 2. The molecule has 51 heavy (non-hydrogen) atoms. The van der Waals surface area contributed by atoms with Crippen LogP contribution < -0.4 is 15.6 Å². The number of likely N-dealkylation sites (tertiary alicyclic amines) is 1. The van der Waals surface area contributed by atoms with Crippen molar-refractivity contribution in [3.63, 3.8) is 0 Å². The Morgan fingerprint density at radius 1 is 0.980 bits per heavy atom. The molecule has 2 atom stereocenters. The van der Waals surface area contributed by atoms with Crippen LogP contribution >= 0.6 is 0 Å². The number of nitrogens with one attached hydrogen (secondary N) is 1. The quantitative estimate of drug-likeness (QED) is 0.213. The third kappa shape index (κ3) is 7.07. The molecule has 0 spiro atoms. The fourth-order valence-electron chi connectivity index (χ4n) is 6.53. The zero-order valence-electron chi connectivity index (χ0n) is 27.1. The molecule has 2 N–H and O–H groups in total. The second-order valence-electron chi connectivity index (χ2n) is 12.7. The Balaban J connectivity index is 1.59. The van der Waals surface area contributed by atoms with E-state index >= 15 is 8.78 Å². The SMILES string of the molecule is Cc1cc2cc(c1F)[C@@H](CC(=O)O)NC(=O)[C@@H](n1cc(CCN3CC(F)C3)c(C(F)(F)F)cc1=O)c1cc(ccc1F)Oc1ccc(F)c(C)c1-2. The summed E-state index contributed by atoms with van der Waals surface area (Å²) in [5, 5.41) is 12.2. The van der Waals surface area contributed by atoms with Crippen LogP contribution in [-0.2, 0) is 22.2 Å². The maximum atomic E-state index is 15.9. The Morgan fingerprint density at radius 3 is 2.35 bits per heavy atom. The van der Waals surface area contributed by atoms with Gasteiger partial charge in [0.2, 0.25) is 5.91 Å². The van der Waals surface area contributed by atoms with Crippen LogP contribution in [0.2, 0.25) is 0 Å². The molecule has 2 aliphatic rings. The number of carbonyl (C=O) groups is 2. The third-order valence-corrected chi connectivity index (χ3v) is 9.10. The van der Waals surface area contributed by atoms with E-state index in [0.29, 0.717) is 4.57 Å². The van der Waals surface area contributed by atoms with Gasteiger partial charge in [-0.15, -0.1) is 0 Å². The Hall–Kier alpha value is -5.18.